The highest BCUT2D eigenvalue weighted by Crippen LogP contribution is 2.19. The second kappa shape index (κ2) is 9.41. The van der Waals surface area contributed by atoms with E-state index in [1.54, 1.807) is 12.4 Å². The Morgan fingerprint density at radius 2 is 1.76 bits per heavy atom. The zero-order chi connectivity index (χ0) is 19.9. The van der Waals surface area contributed by atoms with Crippen LogP contribution in [0.1, 0.15) is 12.5 Å². The summed E-state index contributed by atoms with van der Waals surface area (Å²) in [5.41, 5.74) is 2.50. The molecule has 0 saturated carbocycles. The average Bonchev–Trinajstić information content (AvgIpc) is 3.33. The molecule has 29 heavy (non-hydrogen) atoms. The number of nitrogens with one attached hydrogen (secondary N) is 1. The van der Waals surface area contributed by atoms with E-state index in [0.717, 1.165) is 57.7 Å². The second-order valence-corrected chi connectivity index (χ2v) is 7.24. The van der Waals surface area contributed by atoms with Crippen LogP contribution in [0.2, 0.25) is 0 Å². The molecular formula is C22H29N7. The lowest BCUT2D eigenvalue weighted by Gasteiger charge is -2.36. The topological polar surface area (TPSA) is 59.9 Å². The van der Waals surface area contributed by atoms with Crippen LogP contribution in [-0.2, 0) is 6.54 Å². The molecule has 2 aromatic rings. The molecular weight excluding hydrogens is 362 g/mol. The van der Waals surface area contributed by atoms with Gasteiger partial charge in [-0.15, -0.1) is 0 Å². The minimum atomic E-state index is 0.680. The van der Waals surface area contributed by atoms with E-state index in [2.05, 4.69) is 73.3 Å². The fraction of sp³-hybridized carbons (Fsp3) is 0.409. The van der Waals surface area contributed by atoms with Gasteiger partial charge in [0.15, 0.2) is 5.96 Å². The molecule has 2 aliphatic rings. The van der Waals surface area contributed by atoms with Gasteiger partial charge in [0, 0.05) is 63.9 Å². The number of hydrogen-bond donors (Lipinski definition) is 1. The quantitative estimate of drug-likeness (QED) is 0.479. The van der Waals surface area contributed by atoms with Gasteiger partial charge in [0.05, 0.1) is 6.54 Å². The Labute approximate surface area is 172 Å². The van der Waals surface area contributed by atoms with Crippen molar-refractivity contribution in [1.29, 1.82) is 0 Å². The summed E-state index contributed by atoms with van der Waals surface area (Å²) >= 11 is 0. The van der Waals surface area contributed by atoms with Crippen LogP contribution in [0.4, 0.5) is 11.6 Å². The van der Waals surface area contributed by atoms with Crippen LogP contribution in [0.15, 0.2) is 59.9 Å². The van der Waals surface area contributed by atoms with Gasteiger partial charge in [0.25, 0.3) is 0 Å². The van der Waals surface area contributed by atoms with Crippen molar-refractivity contribution in [2.75, 3.05) is 55.6 Å². The molecule has 1 fully saturated rings. The van der Waals surface area contributed by atoms with Gasteiger partial charge in [-0.3, -0.25) is 0 Å². The first-order valence-electron chi connectivity index (χ1n) is 10.4. The normalized spacial score (nSPS) is 17.1. The lowest BCUT2D eigenvalue weighted by atomic mass is 10.2. The number of piperazine rings is 1. The lowest BCUT2D eigenvalue weighted by molar-refractivity contribution is 0.370. The summed E-state index contributed by atoms with van der Waals surface area (Å²) in [6.45, 7) is 9.24. The Balaban J connectivity index is 1.39. The Morgan fingerprint density at radius 3 is 2.48 bits per heavy atom. The summed E-state index contributed by atoms with van der Waals surface area (Å²) in [4.78, 5) is 20.6. The van der Waals surface area contributed by atoms with E-state index in [-0.39, 0.29) is 0 Å². The van der Waals surface area contributed by atoms with Gasteiger partial charge in [-0.25, -0.2) is 15.0 Å². The average molecular weight is 392 g/mol. The predicted octanol–water partition coefficient (Wildman–Crippen LogP) is 2.14. The number of hydrogen-bond acceptors (Lipinski definition) is 5. The zero-order valence-corrected chi connectivity index (χ0v) is 17.0. The molecule has 1 aromatic carbocycles. The summed E-state index contributed by atoms with van der Waals surface area (Å²) in [5.74, 6) is 1.79. The van der Waals surface area contributed by atoms with Crippen molar-refractivity contribution < 1.29 is 0 Å². The van der Waals surface area contributed by atoms with E-state index < -0.39 is 0 Å². The SMILES string of the molecule is CCNC(=NCc1cccc(N2CC=CC2)c1)N1CCN(c2ncccn2)CC1. The predicted molar refractivity (Wildman–Crippen MR) is 118 cm³/mol. The van der Waals surface area contributed by atoms with Crippen molar-refractivity contribution in [3.63, 3.8) is 0 Å². The minimum absolute atomic E-state index is 0.680. The van der Waals surface area contributed by atoms with Gasteiger partial charge in [0.1, 0.15) is 0 Å². The third-order valence-corrected chi connectivity index (χ3v) is 5.25. The summed E-state index contributed by atoms with van der Waals surface area (Å²) in [6, 6.07) is 10.6. The summed E-state index contributed by atoms with van der Waals surface area (Å²) in [5, 5.41) is 3.45. The Morgan fingerprint density at radius 1 is 1.00 bits per heavy atom. The second-order valence-electron chi connectivity index (χ2n) is 7.24. The van der Waals surface area contributed by atoms with Gasteiger partial charge in [-0.05, 0) is 30.7 Å². The van der Waals surface area contributed by atoms with Gasteiger partial charge < -0.3 is 20.0 Å². The third kappa shape index (κ3) is 4.85. The van der Waals surface area contributed by atoms with Crippen LogP contribution in [-0.4, -0.2) is 66.6 Å². The summed E-state index contributed by atoms with van der Waals surface area (Å²) in [6.07, 6.45) is 8.03. The van der Waals surface area contributed by atoms with Gasteiger partial charge >= 0.3 is 0 Å². The number of aromatic nitrogens is 2. The van der Waals surface area contributed by atoms with Gasteiger partial charge in [0.2, 0.25) is 5.95 Å². The molecule has 0 bridgehead atoms. The highest BCUT2D eigenvalue weighted by atomic mass is 15.4. The smallest absolute Gasteiger partial charge is 0.225 e. The molecule has 2 aliphatic heterocycles. The van der Waals surface area contributed by atoms with Crippen LogP contribution in [0.3, 0.4) is 0 Å². The lowest BCUT2D eigenvalue weighted by Crippen LogP contribution is -2.52. The van der Waals surface area contributed by atoms with Crippen molar-refractivity contribution in [2.45, 2.75) is 13.5 Å². The maximum atomic E-state index is 4.92. The van der Waals surface area contributed by atoms with Crippen molar-refractivity contribution in [2.24, 2.45) is 4.99 Å². The Bertz CT molecular complexity index is 833. The number of nitrogens with zero attached hydrogens (tertiary/aromatic N) is 6. The monoisotopic (exact) mass is 391 g/mol. The molecule has 1 saturated heterocycles. The van der Waals surface area contributed by atoms with E-state index in [4.69, 9.17) is 4.99 Å². The Kier molecular flexibility index (Phi) is 6.24. The molecule has 0 amide bonds. The number of rotatable bonds is 5. The molecule has 3 heterocycles. The van der Waals surface area contributed by atoms with E-state index >= 15 is 0 Å². The number of anilines is 2. The largest absolute Gasteiger partial charge is 0.364 e. The van der Waals surface area contributed by atoms with E-state index in [9.17, 15) is 0 Å². The molecule has 1 aromatic heterocycles. The molecule has 4 rings (SSSR count). The van der Waals surface area contributed by atoms with Crippen LogP contribution < -0.4 is 15.1 Å². The van der Waals surface area contributed by atoms with Crippen molar-refractivity contribution in [3.8, 4) is 0 Å². The molecule has 0 radical (unpaired) electrons. The van der Waals surface area contributed by atoms with Crippen LogP contribution in [0, 0.1) is 0 Å². The summed E-state index contributed by atoms with van der Waals surface area (Å²) < 4.78 is 0. The first-order valence-corrected chi connectivity index (χ1v) is 10.4. The fourth-order valence-corrected chi connectivity index (χ4v) is 3.71. The van der Waals surface area contributed by atoms with E-state index in [1.807, 2.05) is 6.07 Å². The third-order valence-electron chi connectivity index (χ3n) is 5.25. The van der Waals surface area contributed by atoms with Crippen molar-refractivity contribution in [1.82, 2.24) is 20.2 Å². The molecule has 7 nitrogen and oxygen atoms in total. The molecule has 7 heteroatoms. The Hall–Kier alpha value is -3.09. The van der Waals surface area contributed by atoms with Crippen LogP contribution >= 0.6 is 0 Å². The first-order chi connectivity index (χ1) is 14.3. The van der Waals surface area contributed by atoms with Gasteiger partial charge in [-0.1, -0.05) is 24.3 Å². The molecule has 0 aliphatic carbocycles. The zero-order valence-electron chi connectivity index (χ0n) is 17.0. The molecule has 0 spiro atoms. The molecule has 1 N–H and O–H groups in total. The maximum Gasteiger partial charge on any atom is 0.225 e. The van der Waals surface area contributed by atoms with Crippen molar-refractivity contribution in [3.05, 3.63) is 60.4 Å². The van der Waals surface area contributed by atoms with E-state index in [0.29, 0.717) is 6.54 Å². The highest BCUT2D eigenvalue weighted by Gasteiger charge is 2.21. The van der Waals surface area contributed by atoms with Crippen LogP contribution in [0.5, 0.6) is 0 Å². The highest BCUT2D eigenvalue weighted by molar-refractivity contribution is 5.80. The summed E-state index contributed by atoms with van der Waals surface area (Å²) in [7, 11) is 0. The number of aliphatic imine (C=N–C) groups is 1. The molecule has 0 unspecified atom stereocenters. The molecule has 0 atom stereocenters. The first kappa shape index (κ1) is 19.2. The minimum Gasteiger partial charge on any atom is -0.364 e. The maximum absolute atomic E-state index is 4.92. The van der Waals surface area contributed by atoms with Gasteiger partial charge in [-0.2, -0.15) is 0 Å². The standard InChI is InChI=1S/C22H29N7/c1-2-23-21(28-13-15-29(16-14-28)22-24-9-6-10-25-22)26-18-19-7-5-8-20(17-19)27-11-3-4-12-27/h3-10,17H,2,11-16,18H2,1H3,(H,23,26). The van der Waals surface area contributed by atoms with E-state index in [1.165, 1.54) is 11.3 Å². The molecule has 152 valence electrons. The fourth-order valence-electron chi connectivity index (χ4n) is 3.71. The van der Waals surface area contributed by atoms with Crippen molar-refractivity contribution >= 4 is 17.6 Å². The number of benzene rings is 1. The number of guanidine groups is 1. The van der Waals surface area contributed by atoms with Crippen LogP contribution in [0.25, 0.3) is 0 Å².